The van der Waals surface area contributed by atoms with Crippen LogP contribution < -0.4 is 5.32 Å². The number of nitrogens with one attached hydrogen (secondary N) is 1. The first-order valence-corrected chi connectivity index (χ1v) is 7.09. The molecule has 2 amide bonds. The van der Waals surface area contributed by atoms with Gasteiger partial charge in [0.15, 0.2) is 0 Å². The lowest BCUT2D eigenvalue weighted by Gasteiger charge is -2.23. The summed E-state index contributed by atoms with van der Waals surface area (Å²) >= 11 is 0. The van der Waals surface area contributed by atoms with Crippen LogP contribution in [-0.4, -0.2) is 44.4 Å². The van der Waals surface area contributed by atoms with E-state index in [1.807, 2.05) is 20.9 Å². The van der Waals surface area contributed by atoms with Crippen molar-refractivity contribution in [3.63, 3.8) is 0 Å². The van der Waals surface area contributed by atoms with Crippen LogP contribution in [0.3, 0.4) is 0 Å². The Balaban J connectivity index is 1.98. The van der Waals surface area contributed by atoms with Crippen molar-refractivity contribution in [3.05, 3.63) is 17.0 Å². The Morgan fingerprint density at radius 2 is 2.10 bits per heavy atom. The fourth-order valence-corrected chi connectivity index (χ4v) is 2.90. The molecule has 0 aliphatic carbocycles. The molecule has 7 nitrogen and oxygen atoms in total. The third kappa shape index (κ3) is 2.86. The first-order chi connectivity index (χ1) is 9.82. The highest BCUT2D eigenvalue weighted by Gasteiger charge is 2.38. The van der Waals surface area contributed by atoms with Crippen molar-refractivity contribution in [3.8, 4) is 0 Å². The maximum Gasteiger partial charge on any atom is 0.317 e. The van der Waals surface area contributed by atoms with E-state index in [2.05, 4.69) is 10.4 Å². The molecular weight excluding hydrogens is 272 g/mol. The zero-order chi connectivity index (χ0) is 15.7. The average molecular weight is 294 g/mol. The van der Waals surface area contributed by atoms with Crippen LogP contribution in [-0.2, 0) is 18.4 Å². The molecule has 21 heavy (non-hydrogen) atoms. The molecule has 0 radical (unpaired) electrons. The summed E-state index contributed by atoms with van der Waals surface area (Å²) in [5, 5.41) is 16.3. The second-order valence-electron chi connectivity index (χ2n) is 5.60. The summed E-state index contributed by atoms with van der Waals surface area (Å²) in [5.41, 5.74) is 2.92. The molecule has 2 atom stereocenters. The minimum absolute atomic E-state index is 0.214. The number of carbonyl (C=O) groups excluding carboxylic acids is 1. The van der Waals surface area contributed by atoms with Crippen molar-refractivity contribution in [1.29, 1.82) is 0 Å². The average Bonchev–Trinajstić information content (AvgIpc) is 2.89. The molecule has 0 bridgehead atoms. The van der Waals surface area contributed by atoms with E-state index in [0.717, 1.165) is 17.0 Å². The number of aromatic nitrogens is 2. The molecule has 0 spiro atoms. The molecule has 2 rings (SSSR count). The lowest BCUT2D eigenvalue weighted by atomic mass is 10.0. The number of rotatable bonds is 3. The number of carbonyl (C=O) groups is 2. The zero-order valence-corrected chi connectivity index (χ0v) is 12.9. The fraction of sp³-hybridized carbons (Fsp3) is 0.643. The summed E-state index contributed by atoms with van der Waals surface area (Å²) < 4.78 is 1.79. The van der Waals surface area contributed by atoms with Crippen LogP contribution in [0.2, 0.25) is 0 Å². The summed E-state index contributed by atoms with van der Waals surface area (Å²) in [6, 6.07) is -0.493. The summed E-state index contributed by atoms with van der Waals surface area (Å²) in [4.78, 5) is 24.9. The summed E-state index contributed by atoms with van der Waals surface area (Å²) in [6.07, 6.45) is 0.509. The molecule has 2 N–H and O–H groups in total. The number of urea groups is 1. The third-order valence-electron chi connectivity index (χ3n) is 4.41. The van der Waals surface area contributed by atoms with Crippen LogP contribution in [0.25, 0.3) is 0 Å². The maximum atomic E-state index is 12.2. The van der Waals surface area contributed by atoms with Gasteiger partial charge in [-0.15, -0.1) is 0 Å². The molecule has 1 saturated heterocycles. The van der Waals surface area contributed by atoms with Crippen molar-refractivity contribution >= 4 is 12.0 Å². The SMILES string of the molecule is Cc1nn(C)c(C)c1CNC(=O)N1CCC(C(=O)O)C1C. The number of likely N-dealkylation sites (tertiary alicyclic amines) is 1. The predicted molar refractivity (Wildman–Crippen MR) is 76.8 cm³/mol. The highest BCUT2D eigenvalue weighted by atomic mass is 16.4. The number of carboxylic acid groups (broad SMARTS) is 1. The molecular formula is C14H22N4O3. The Kier molecular flexibility index (Phi) is 4.20. The van der Waals surface area contributed by atoms with Crippen LogP contribution in [0.1, 0.15) is 30.3 Å². The monoisotopic (exact) mass is 294 g/mol. The van der Waals surface area contributed by atoms with Crippen LogP contribution in [0.15, 0.2) is 0 Å². The zero-order valence-electron chi connectivity index (χ0n) is 12.9. The molecule has 1 aromatic rings. The molecule has 1 aromatic heterocycles. The van der Waals surface area contributed by atoms with Gasteiger partial charge in [0.1, 0.15) is 0 Å². The van der Waals surface area contributed by atoms with Gasteiger partial charge in [0.2, 0.25) is 0 Å². The Bertz CT molecular complexity index is 567. The van der Waals surface area contributed by atoms with Crippen molar-refractivity contribution in [2.75, 3.05) is 6.54 Å². The van der Waals surface area contributed by atoms with Gasteiger partial charge in [-0.25, -0.2) is 4.79 Å². The van der Waals surface area contributed by atoms with E-state index in [0.29, 0.717) is 19.5 Å². The molecule has 116 valence electrons. The number of aryl methyl sites for hydroxylation is 2. The number of carboxylic acids is 1. The first kappa shape index (κ1) is 15.3. The smallest absolute Gasteiger partial charge is 0.317 e. The van der Waals surface area contributed by atoms with Gasteiger partial charge in [-0.05, 0) is 27.2 Å². The van der Waals surface area contributed by atoms with Gasteiger partial charge in [0.25, 0.3) is 0 Å². The van der Waals surface area contributed by atoms with E-state index in [1.54, 1.807) is 16.5 Å². The normalized spacial score (nSPS) is 21.6. The first-order valence-electron chi connectivity index (χ1n) is 7.09. The number of amides is 2. The second kappa shape index (κ2) is 5.75. The molecule has 0 saturated carbocycles. The number of aliphatic carboxylic acids is 1. The van der Waals surface area contributed by atoms with Crippen molar-refractivity contribution in [2.24, 2.45) is 13.0 Å². The number of hydrogen-bond acceptors (Lipinski definition) is 3. The highest BCUT2D eigenvalue weighted by molar-refractivity contribution is 5.78. The molecule has 2 unspecified atom stereocenters. The molecule has 0 aromatic carbocycles. The summed E-state index contributed by atoms with van der Waals surface area (Å²) in [5.74, 6) is -1.31. The van der Waals surface area contributed by atoms with Crippen LogP contribution in [0, 0.1) is 19.8 Å². The predicted octanol–water partition coefficient (Wildman–Crippen LogP) is 1.04. The van der Waals surface area contributed by atoms with Crippen LogP contribution in [0.5, 0.6) is 0 Å². The minimum atomic E-state index is -0.836. The Morgan fingerprint density at radius 3 is 2.57 bits per heavy atom. The van der Waals surface area contributed by atoms with E-state index in [1.165, 1.54) is 0 Å². The molecule has 1 aliphatic rings. The Hall–Kier alpha value is -2.05. The minimum Gasteiger partial charge on any atom is -0.481 e. The van der Waals surface area contributed by atoms with Gasteiger partial charge in [-0.3, -0.25) is 9.48 Å². The Labute approximate surface area is 123 Å². The molecule has 2 heterocycles. The van der Waals surface area contributed by atoms with Crippen LogP contribution in [0.4, 0.5) is 4.79 Å². The Morgan fingerprint density at radius 1 is 1.43 bits per heavy atom. The van der Waals surface area contributed by atoms with E-state index in [9.17, 15) is 9.59 Å². The highest BCUT2D eigenvalue weighted by Crippen LogP contribution is 2.24. The molecule has 7 heteroatoms. The standard InChI is InChI=1S/C14H22N4O3/c1-8-12(9(2)17(4)16-8)7-15-14(21)18-6-5-11(10(18)3)13(19)20/h10-11H,5-7H2,1-4H3,(H,15,21)(H,19,20). The van der Waals surface area contributed by atoms with E-state index in [-0.39, 0.29) is 12.1 Å². The lowest BCUT2D eigenvalue weighted by molar-refractivity contribution is -0.142. The van der Waals surface area contributed by atoms with Gasteiger partial charge in [-0.2, -0.15) is 5.10 Å². The van der Waals surface area contributed by atoms with Crippen LogP contribution >= 0.6 is 0 Å². The topological polar surface area (TPSA) is 87.5 Å². The van der Waals surface area contributed by atoms with E-state index in [4.69, 9.17) is 5.11 Å². The van der Waals surface area contributed by atoms with Crippen molar-refractivity contribution in [2.45, 2.75) is 39.8 Å². The lowest BCUT2D eigenvalue weighted by Crippen LogP contribution is -2.43. The van der Waals surface area contributed by atoms with Gasteiger partial charge < -0.3 is 15.3 Å². The van der Waals surface area contributed by atoms with E-state index >= 15 is 0 Å². The van der Waals surface area contributed by atoms with Gasteiger partial charge in [0, 0.05) is 37.4 Å². The fourth-order valence-electron chi connectivity index (χ4n) is 2.90. The molecule has 1 fully saturated rings. The molecule has 1 aliphatic heterocycles. The maximum absolute atomic E-state index is 12.2. The van der Waals surface area contributed by atoms with Gasteiger partial charge >= 0.3 is 12.0 Å². The number of hydrogen-bond donors (Lipinski definition) is 2. The second-order valence-corrected chi connectivity index (χ2v) is 5.60. The third-order valence-corrected chi connectivity index (χ3v) is 4.41. The summed E-state index contributed by atoms with van der Waals surface area (Å²) in [7, 11) is 1.87. The largest absolute Gasteiger partial charge is 0.481 e. The number of nitrogens with zero attached hydrogens (tertiary/aromatic N) is 3. The van der Waals surface area contributed by atoms with Gasteiger partial charge in [0.05, 0.1) is 11.6 Å². The van der Waals surface area contributed by atoms with Crippen molar-refractivity contribution in [1.82, 2.24) is 20.0 Å². The van der Waals surface area contributed by atoms with Crippen molar-refractivity contribution < 1.29 is 14.7 Å². The van der Waals surface area contributed by atoms with E-state index < -0.39 is 11.9 Å². The quantitative estimate of drug-likeness (QED) is 0.872. The summed E-state index contributed by atoms with van der Waals surface area (Å²) in [6.45, 7) is 6.54. The van der Waals surface area contributed by atoms with Gasteiger partial charge in [-0.1, -0.05) is 0 Å².